The van der Waals surface area contributed by atoms with Gasteiger partial charge in [-0.05, 0) is 119 Å². The molecule has 10 amide bonds. The fourth-order valence-corrected chi connectivity index (χ4v) is 10.9. The zero-order valence-electron chi connectivity index (χ0n) is 58.4. The Morgan fingerprint density at radius 3 is 1.69 bits per heavy atom. The molecule has 39 heteroatoms. The molecule has 0 fully saturated rings. The third-order valence-electron chi connectivity index (χ3n) is 16.0. The number of aliphatic carboxylic acids is 3. The Bertz CT molecular complexity index is 3810. The van der Waals surface area contributed by atoms with Crippen LogP contribution < -0.4 is 81.1 Å². The lowest BCUT2D eigenvalue weighted by Gasteiger charge is -2.28. The largest absolute Gasteiger partial charge is 0.497 e. The highest BCUT2D eigenvalue weighted by Gasteiger charge is 2.37. The molecule has 0 saturated carbocycles. The van der Waals surface area contributed by atoms with Gasteiger partial charge in [-0.2, -0.15) is 11.8 Å². The molecule has 1 heterocycles. The van der Waals surface area contributed by atoms with Gasteiger partial charge in [-0.15, -0.1) is 0 Å². The summed E-state index contributed by atoms with van der Waals surface area (Å²) < 4.78 is 10.5. The molecular formula is C66H91N15O23S. The van der Waals surface area contributed by atoms with Crippen molar-refractivity contribution in [3.63, 3.8) is 0 Å². The highest BCUT2D eigenvalue weighted by molar-refractivity contribution is 7.98. The Hall–Kier alpha value is -11.4. The lowest BCUT2D eigenvalue weighted by molar-refractivity contribution is -0.393. The number of anilines is 1. The van der Waals surface area contributed by atoms with Crippen LogP contribution in [0.4, 0.5) is 17.1 Å². The maximum atomic E-state index is 14.3. The van der Waals surface area contributed by atoms with Crippen molar-refractivity contribution in [2.75, 3.05) is 37.5 Å². The summed E-state index contributed by atoms with van der Waals surface area (Å²) in [6, 6.07) is 2.51. The van der Waals surface area contributed by atoms with E-state index < -0.39 is 203 Å². The molecule has 9 atom stereocenters. The highest BCUT2D eigenvalue weighted by atomic mass is 32.2. The first-order valence-electron chi connectivity index (χ1n) is 32.9. The molecule has 1 aromatic heterocycles. The van der Waals surface area contributed by atoms with Crippen molar-refractivity contribution in [3.8, 4) is 5.75 Å². The lowest BCUT2D eigenvalue weighted by Crippen LogP contribution is -2.61. The number of nitrogens with two attached hydrogens (primary N) is 2. The van der Waals surface area contributed by atoms with Crippen molar-refractivity contribution >= 4 is 117 Å². The summed E-state index contributed by atoms with van der Waals surface area (Å²) in [5.74, 6) is -14.8. The number of thioether (sulfide) groups is 1. The zero-order chi connectivity index (χ0) is 77.3. The number of nitro benzene ring substituents is 2. The van der Waals surface area contributed by atoms with Gasteiger partial charge in [0.25, 0.3) is 11.4 Å². The lowest BCUT2D eigenvalue weighted by atomic mass is 10.00. The highest BCUT2D eigenvalue weighted by Crippen LogP contribution is 2.29. The molecule has 0 saturated heterocycles. The van der Waals surface area contributed by atoms with Gasteiger partial charge in [-0.3, -0.25) is 82.6 Å². The van der Waals surface area contributed by atoms with E-state index in [9.17, 15) is 103 Å². The maximum Gasteiger partial charge on any atom is 0.336 e. The molecule has 3 aromatic carbocycles. The number of amides is 10. The number of carbonyl (C=O) groups is 13. The van der Waals surface area contributed by atoms with Gasteiger partial charge in [-0.25, -0.2) is 4.79 Å². The number of nitrogens with zero attached hydrogens (tertiary/aromatic N) is 2. The number of fused-ring (bicyclic) bond motifs is 1. The number of unbranched alkanes of at least 4 members (excludes halogenated alkanes) is 2. The molecule has 4 aromatic rings. The maximum absolute atomic E-state index is 14.3. The van der Waals surface area contributed by atoms with Gasteiger partial charge in [0.2, 0.25) is 59.1 Å². The molecule has 4 rings (SSSR count). The molecule has 0 radical (unpaired) electrons. The first-order chi connectivity index (χ1) is 49.2. The van der Waals surface area contributed by atoms with E-state index in [2.05, 4.69) is 53.2 Å². The Balaban J connectivity index is 0.0000286. The van der Waals surface area contributed by atoms with E-state index in [1.165, 1.54) is 24.9 Å². The van der Waals surface area contributed by atoms with E-state index in [0.717, 1.165) is 31.2 Å². The second kappa shape index (κ2) is 44.2. The van der Waals surface area contributed by atoms with E-state index in [4.69, 9.17) is 20.6 Å². The van der Waals surface area contributed by atoms with Crippen molar-refractivity contribution in [2.24, 2.45) is 17.4 Å². The SMILES string of the molecule is COc1ccc2c(CC(=O)N[C@@H](CCC(=O)O)C(=O)N[C@H](C(=O)N[C@@H](CCCCN)C(=O)N[C@@H](CCSC)C(=O)N[C@@H](CC(=O)O)C(=O)N[C@@H](C)C(=O)N[C@@H](CCC(=O)O)C(=O)N[C@@H](Cc3ccccc3)C(=O)N[C@@H](CCCCNc3ccc([N+](=O)[O-])cc3[N+](=O)[O-])C(N)=O)C(C)C)cc(=O)oc2c1.N. The van der Waals surface area contributed by atoms with Crippen LogP contribution >= 0.6 is 11.8 Å². The van der Waals surface area contributed by atoms with E-state index in [1.807, 2.05) is 0 Å². The minimum Gasteiger partial charge on any atom is -0.497 e. The molecule has 0 aliphatic heterocycles. The number of carboxylic acid groups (broad SMARTS) is 3. The number of primary amides is 1. The molecule has 0 unspecified atom stereocenters. The normalized spacial score (nSPS) is 13.5. The van der Waals surface area contributed by atoms with Crippen molar-refractivity contribution in [1.82, 2.24) is 54.0 Å². The van der Waals surface area contributed by atoms with Crippen molar-refractivity contribution in [3.05, 3.63) is 115 Å². The number of non-ortho nitro benzene ring substituents is 1. The predicted molar refractivity (Wildman–Crippen MR) is 379 cm³/mol. The van der Waals surface area contributed by atoms with Crippen LogP contribution in [0, 0.1) is 26.1 Å². The Kier molecular flexibility index (Phi) is 37.0. The first kappa shape index (κ1) is 87.9. The van der Waals surface area contributed by atoms with Crippen LogP contribution in [0.5, 0.6) is 5.75 Å². The Labute approximate surface area is 605 Å². The van der Waals surface area contributed by atoms with Crippen LogP contribution in [0.15, 0.2) is 82.0 Å². The zero-order valence-corrected chi connectivity index (χ0v) is 59.2. The number of ether oxygens (including phenoxy) is 1. The second-order valence-electron chi connectivity index (χ2n) is 24.3. The predicted octanol–water partition coefficient (Wildman–Crippen LogP) is 0.458. The number of nitro groups is 2. The summed E-state index contributed by atoms with van der Waals surface area (Å²) in [6.45, 7) is 4.42. The van der Waals surface area contributed by atoms with E-state index >= 15 is 0 Å². The van der Waals surface area contributed by atoms with Crippen molar-refractivity contribution in [2.45, 2.75) is 165 Å². The summed E-state index contributed by atoms with van der Waals surface area (Å²) >= 11 is 1.23. The molecule has 20 N–H and O–H groups in total. The Morgan fingerprint density at radius 1 is 0.581 bits per heavy atom. The van der Waals surface area contributed by atoms with Crippen molar-refractivity contribution in [1.29, 1.82) is 0 Å². The molecule has 38 nitrogen and oxygen atoms in total. The fourth-order valence-electron chi connectivity index (χ4n) is 10.4. The summed E-state index contributed by atoms with van der Waals surface area (Å²) in [7, 11) is 1.40. The summed E-state index contributed by atoms with van der Waals surface area (Å²) in [4.78, 5) is 209. The minimum atomic E-state index is -1.97. The molecule has 0 aliphatic carbocycles. The second-order valence-corrected chi connectivity index (χ2v) is 25.3. The van der Waals surface area contributed by atoms with Crippen molar-refractivity contribution < 1.29 is 96.6 Å². The first-order valence-corrected chi connectivity index (χ1v) is 34.3. The van der Waals surface area contributed by atoms with Gasteiger partial charge in [0.1, 0.15) is 71.4 Å². The monoisotopic (exact) mass is 1490 g/mol. The van der Waals surface area contributed by atoms with Crippen LogP contribution in [0.2, 0.25) is 0 Å². The molecular weight excluding hydrogens is 1400 g/mol. The molecule has 574 valence electrons. The van der Waals surface area contributed by atoms with E-state index in [0.29, 0.717) is 23.1 Å². The molecule has 0 bridgehead atoms. The number of carboxylic acids is 3. The third-order valence-corrected chi connectivity index (χ3v) is 16.6. The standard InChI is InChI=1S/C66H88N14O23S.H3N/c1-35(2)57(78-63(94)45(21-23-53(82)83)71-52(81)30-38-31-56(88)103-51-33-40(102-4)18-19-41(38)51)66(97)75-44(16-9-11-26-67)60(91)74-47(25-28-104-5)62(93)77-49(34-55(86)87)64(95)70-36(3)59(90)73-46(22-24-54(84)85)61(92)76-48(29-37-13-7-6-8-14-37)65(96)72-43(58(68)89)15-10-12-27-69-42-20-17-39(79(98)99)32-50(42)80(100)101;/h6-8,13-14,17-20,31-33,35-36,43-49,57,69H,9-12,15-16,21-30,34,67H2,1-5H3,(H2,68,89)(H,70,95)(H,71,81)(H,72,96)(H,73,90)(H,74,91)(H,75,97)(H,76,92)(H,77,93)(H,78,94)(H,82,83)(H,84,85)(H,86,87);1H3/t36-,43-,44-,45-,46-,47-,48-,49-,57-;/m0./s1. The summed E-state index contributed by atoms with van der Waals surface area (Å²) in [5.41, 5.74) is 10.3. The fraction of sp³-hybridized carbons (Fsp3) is 0.485. The van der Waals surface area contributed by atoms with E-state index in [-0.39, 0.29) is 86.8 Å². The number of carbonyl (C=O) groups excluding carboxylic acids is 10. The number of benzene rings is 3. The average Bonchev–Trinajstić information content (AvgIpc) is 0.792. The van der Waals surface area contributed by atoms with Crippen LogP contribution in [-0.4, -0.2) is 189 Å². The van der Waals surface area contributed by atoms with Gasteiger partial charge in [0, 0.05) is 49.4 Å². The molecule has 0 spiro atoms. The van der Waals surface area contributed by atoms with Crippen LogP contribution in [0.1, 0.15) is 109 Å². The average molecular weight is 1490 g/mol. The van der Waals surface area contributed by atoms with E-state index in [1.54, 1.807) is 62.6 Å². The number of rotatable bonds is 47. The molecule has 105 heavy (non-hydrogen) atoms. The van der Waals surface area contributed by atoms with Gasteiger partial charge < -0.3 is 95.3 Å². The number of hydrogen-bond donors (Lipinski definition) is 16. The number of hydrogen-bond acceptors (Lipinski definition) is 24. The third kappa shape index (κ3) is 29.9. The van der Waals surface area contributed by atoms with Gasteiger partial charge in [-0.1, -0.05) is 44.2 Å². The topological polar surface area (TPSA) is 616 Å². The quantitative estimate of drug-likeness (QED) is 0.0124. The van der Waals surface area contributed by atoms with Crippen LogP contribution in [0.25, 0.3) is 11.0 Å². The smallest absolute Gasteiger partial charge is 0.336 e. The number of nitrogens with one attached hydrogen (secondary N) is 10. The van der Waals surface area contributed by atoms with Gasteiger partial charge in [0.05, 0.1) is 35.9 Å². The summed E-state index contributed by atoms with van der Waals surface area (Å²) in [5, 5.41) is 77.1. The van der Waals surface area contributed by atoms with Crippen LogP contribution in [0.3, 0.4) is 0 Å². The van der Waals surface area contributed by atoms with Gasteiger partial charge >= 0.3 is 23.5 Å². The number of methoxy groups -OCH3 is 1. The van der Waals surface area contributed by atoms with Gasteiger partial charge in [0.15, 0.2) is 0 Å². The minimum absolute atomic E-state index is 0. The summed E-state index contributed by atoms with van der Waals surface area (Å²) in [6.07, 6.45) is -1.88. The van der Waals surface area contributed by atoms with Crippen LogP contribution in [-0.2, 0) is 75.2 Å². The Morgan fingerprint density at radius 2 is 1.11 bits per heavy atom. The molecule has 0 aliphatic rings.